The van der Waals surface area contributed by atoms with Gasteiger partial charge in [0.2, 0.25) is 0 Å². The van der Waals surface area contributed by atoms with Crippen molar-refractivity contribution < 1.29 is 13.9 Å². The number of nitrogens with zero attached hydrogens (tertiary/aromatic N) is 2. The van der Waals surface area contributed by atoms with Crippen LogP contribution in [0.2, 0.25) is 0 Å². The molecule has 0 saturated carbocycles. The molecule has 2 N–H and O–H groups in total. The molecule has 0 spiro atoms. The maximum absolute atomic E-state index is 13.1. The van der Waals surface area contributed by atoms with Crippen molar-refractivity contribution in [2.45, 2.75) is 52.7 Å². The molecule has 0 aliphatic rings. The molecule has 1 atom stereocenters. The van der Waals surface area contributed by atoms with Crippen LogP contribution in [-0.4, -0.2) is 21.9 Å². The number of hydrogen-bond donors (Lipinski definition) is 1. The molecule has 0 bridgehead atoms. The summed E-state index contributed by atoms with van der Waals surface area (Å²) in [5.41, 5.74) is 6.45. The summed E-state index contributed by atoms with van der Waals surface area (Å²) in [7, 11) is 0. The van der Waals surface area contributed by atoms with Gasteiger partial charge in [-0.05, 0) is 43.4 Å². The van der Waals surface area contributed by atoms with Crippen LogP contribution in [0.25, 0.3) is 5.69 Å². The summed E-state index contributed by atoms with van der Waals surface area (Å²) in [5.74, 6) is -0.860. The van der Waals surface area contributed by atoms with Crippen LogP contribution in [0.4, 0.5) is 4.39 Å². The number of nitrogens with two attached hydrogens (primary N) is 1. The van der Waals surface area contributed by atoms with E-state index < -0.39 is 17.3 Å². The first kappa shape index (κ1) is 19.1. The van der Waals surface area contributed by atoms with Gasteiger partial charge in [-0.1, -0.05) is 32.9 Å². The Morgan fingerprint density at radius 3 is 2.32 bits per heavy atom. The van der Waals surface area contributed by atoms with Crippen molar-refractivity contribution >= 4 is 5.97 Å². The SMILES string of the molecule is CC(C)OC(=O)C(N)(CC(C)(C)C)c1ccc(-n2cc(F)cn2)cc1. The molecular formula is C19H26FN3O2. The van der Waals surface area contributed by atoms with Crippen LogP contribution in [0.3, 0.4) is 0 Å². The summed E-state index contributed by atoms with van der Waals surface area (Å²) >= 11 is 0. The molecule has 25 heavy (non-hydrogen) atoms. The van der Waals surface area contributed by atoms with E-state index in [1.807, 2.05) is 20.8 Å². The molecule has 2 aromatic rings. The predicted molar refractivity (Wildman–Crippen MR) is 94.7 cm³/mol. The fourth-order valence-corrected chi connectivity index (χ4v) is 2.80. The molecule has 1 unspecified atom stereocenters. The minimum absolute atomic E-state index is 0.172. The van der Waals surface area contributed by atoms with E-state index in [0.29, 0.717) is 17.7 Å². The highest BCUT2D eigenvalue weighted by molar-refractivity contribution is 5.82. The van der Waals surface area contributed by atoms with Crippen molar-refractivity contribution in [3.8, 4) is 5.69 Å². The second-order valence-corrected chi connectivity index (χ2v) is 7.81. The number of carbonyl (C=O) groups is 1. The van der Waals surface area contributed by atoms with Gasteiger partial charge in [0.1, 0.15) is 5.54 Å². The number of halogens is 1. The highest BCUT2D eigenvalue weighted by Gasteiger charge is 2.41. The molecule has 0 aliphatic carbocycles. The molecule has 2 rings (SSSR count). The largest absolute Gasteiger partial charge is 0.461 e. The van der Waals surface area contributed by atoms with Crippen LogP contribution in [0.5, 0.6) is 0 Å². The standard InChI is InChI=1S/C19H26FN3O2/c1-13(2)25-17(24)19(21,12-18(3,4)5)14-6-8-16(9-7-14)23-11-15(20)10-22-23/h6-11,13H,12,21H2,1-5H3. The topological polar surface area (TPSA) is 70.1 Å². The van der Waals surface area contributed by atoms with Crippen molar-refractivity contribution in [2.75, 3.05) is 0 Å². The van der Waals surface area contributed by atoms with Crippen LogP contribution in [0, 0.1) is 11.2 Å². The molecule has 0 aliphatic heterocycles. The zero-order valence-electron chi connectivity index (χ0n) is 15.4. The Morgan fingerprint density at radius 1 is 1.28 bits per heavy atom. The van der Waals surface area contributed by atoms with Gasteiger partial charge in [0, 0.05) is 0 Å². The van der Waals surface area contributed by atoms with Gasteiger partial charge in [0.15, 0.2) is 5.82 Å². The van der Waals surface area contributed by atoms with Crippen LogP contribution in [0.1, 0.15) is 46.6 Å². The minimum Gasteiger partial charge on any atom is -0.461 e. The normalized spacial score (nSPS) is 14.4. The average molecular weight is 347 g/mol. The fraction of sp³-hybridized carbons (Fsp3) is 0.474. The fourth-order valence-electron chi connectivity index (χ4n) is 2.80. The van der Waals surface area contributed by atoms with Gasteiger partial charge in [0.25, 0.3) is 0 Å². The second kappa shape index (κ2) is 6.96. The molecule has 136 valence electrons. The number of rotatable bonds is 5. The van der Waals surface area contributed by atoms with Gasteiger partial charge in [-0.2, -0.15) is 5.10 Å². The number of carbonyl (C=O) groups excluding carboxylic acids is 1. The van der Waals surface area contributed by atoms with E-state index in [-0.39, 0.29) is 11.5 Å². The average Bonchev–Trinajstić information content (AvgIpc) is 2.91. The maximum Gasteiger partial charge on any atom is 0.331 e. The van der Waals surface area contributed by atoms with E-state index >= 15 is 0 Å². The first-order chi connectivity index (χ1) is 11.5. The van der Waals surface area contributed by atoms with Crippen LogP contribution < -0.4 is 5.73 Å². The van der Waals surface area contributed by atoms with E-state index in [4.69, 9.17) is 10.5 Å². The van der Waals surface area contributed by atoms with Gasteiger partial charge >= 0.3 is 5.97 Å². The molecule has 6 heteroatoms. The Hall–Kier alpha value is -2.21. The Labute approximate surface area is 148 Å². The van der Waals surface area contributed by atoms with E-state index in [0.717, 1.165) is 6.20 Å². The van der Waals surface area contributed by atoms with Gasteiger partial charge in [-0.25, -0.2) is 13.9 Å². The summed E-state index contributed by atoms with van der Waals surface area (Å²) < 4.78 is 20.0. The van der Waals surface area contributed by atoms with Crippen LogP contribution in [0.15, 0.2) is 36.7 Å². The Morgan fingerprint density at radius 2 is 1.88 bits per heavy atom. The first-order valence-corrected chi connectivity index (χ1v) is 8.32. The molecule has 0 fully saturated rings. The Bertz CT molecular complexity index is 732. The summed E-state index contributed by atoms with van der Waals surface area (Å²) in [6.07, 6.45) is 2.61. The second-order valence-electron chi connectivity index (χ2n) is 7.81. The Balaban J connectivity index is 2.38. The van der Waals surface area contributed by atoms with E-state index in [1.165, 1.54) is 10.9 Å². The van der Waals surface area contributed by atoms with Crippen molar-refractivity contribution in [1.82, 2.24) is 9.78 Å². The van der Waals surface area contributed by atoms with Crippen molar-refractivity contribution in [3.05, 3.63) is 48.0 Å². The summed E-state index contributed by atoms with van der Waals surface area (Å²) in [5, 5.41) is 3.93. The third-order valence-corrected chi connectivity index (χ3v) is 3.71. The lowest BCUT2D eigenvalue weighted by atomic mass is 9.76. The molecule has 0 saturated heterocycles. The predicted octanol–water partition coefficient (Wildman–Crippen LogP) is 3.55. The number of ether oxygens (including phenoxy) is 1. The third-order valence-electron chi connectivity index (χ3n) is 3.71. The lowest BCUT2D eigenvalue weighted by molar-refractivity contribution is -0.156. The zero-order valence-corrected chi connectivity index (χ0v) is 15.4. The maximum atomic E-state index is 13.1. The van der Waals surface area contributed by atoms with Crippen molar-refractivity contribution in [1.29, 1.82) is 0 Å². The van der Waals surface area contributed by atoms with Crippen molar-refractivity contribution in [3.63, 3.8) is 0 Å². The molecular weight excluding hydrogens is 321 g/mol. The number of esters is 1. The lowest BCUT2D eigenvalue weighted by Crippen LogP contribution is -2.49. The number of hydrogen-bond acceptors (Lipinski definition) is 4. The lowest BCUT2D eigenvalue weighted by Gasteiger charge is -2.34. The summed E-state index contributed by atoms with van der Waals surface area (Å²) in [6, 6.07) is 7.05. The molecule has 0 amide bonds. The van der Waals surface area contributed by atoms with Gasteiger partial charge in [0.05, 0.1) is 24.2 Å². The quantitative estimate of drug-likeness (QED) is 0.840. The monoisotopic (exact) mass is 347 g/mol. The van der Waals surface area contributed by atoms with E-state index in [1.54, 1.807) is 38.1 Å². The number of benzene rings is 1. The zero-order chi connectivity index (χ0) is 18.8. The van der Waals surface area contributed by atoms with Gasteiger partial charge in [-0.15, -0.1) is 0 Å². The summed E-state index contributed by atoms with van der Waals surface area (Å²) in [6.45, 7) is 9.67. The first-order valence-electron chi connectivity index (χ1n) is 8.32. The highest BCUT2D eigenvalue weighted by atomic mass is 19.1. The van der Waals surface area contributed by atoms with Crippen LogP contribution in [-0.2, 0) is 15.1 Å². The smallest absolute Gasteiger partial charge is 0.331 e. The number of aromatic nitrogens is 2. The van der Waals surface area contributed by atoms with Gasteiger partial charge < -0.3 is 10.5 Å². The van der Waals surface area contributed by atoms with Crippen LogP contribution >= 0.6 is 0 Å². The molecule has 1 aromatic heterocycles. The van der Waals surface area contributed by atoms with E-state index in [2.05, 4.69) is 5.10 Å². The highest BCUT2D eigenvalue weighted by Crippen LogP contribution is 2.34. The molecule has 0 radical (unpaired) electrons. The third kappa shape index (κ3) is 4.66. The van der Waals surface area contributed by atoms with Crippen molar-refractivity contribution in [2.24, 2.45) is 11.1 Å². The molecule has 5 nitrogen and oxygen atoms in total. The van der Waals surface area contributed by atoms with E-state index in [9.17, 15) is 9.18 Å². The van der Waals surface area contributed by atoms with Gasteiger partial charge in [-0.3, -0.25) is 0 Å². The minimum atomic E-state index is -1.25. The molecule has 1 aromatic carbocycles. The molecule has 1 heterocycles. The Kier molecular flexibility index (Phi) is 5.32. The summed E-state index contributed by atoms with van der Waals surface area (Å²) in [4.78, 5) is 12.7.